The lowest BCUT2D eigenvalue weighted by atomic mass is 9.97. The van der Waals surface area contributed by atoms with E-state index in [0.717, 1.165) is 21.8 Å². The standard InChI is InChI=1S/C30H28N2O4S2/c1-4-35-29(34)25-26(21-9-6-5-7-10-21)31-30-32(27(25)23-11-8-16-37-23)28(33)24(38-30)17-20-12-14-22(15-13-20)36-18-19(2)3/h5-17,19,27H,4,18H2,1-3H3/b24-17+/t27-/m1/s1. The number of hydrogen-bond acceptors (Lipinski definition) is 7. The lowest BCUT2D eigenvalue weighted by Crippen LogP contribution is -2.39. The van der Waals surface area contributed by atoms with E-state index in [-0.39, 0.29) is 12.2 Å². The molecule has 0 saturated heterocycles. The van der Waals surface area contributed by atoms with E-state index in [2.05, 4.69) is 13.8 Å². The van der Waals surface area contributed by atoms with Crippen molar-refractivity contribution in [2.24, 2.45) is 10.9 Å². The lowest BCUT2D eigenvalue weighted by molar-refractivity contribution is -0.138. The minimum Gasteiger partial charge on any atom is -0.493 e. The quantitative estimate of drug-likeness (QED) is 0.292. The van der Waals surface area contributed by atoms with Crippen molar-refractivity contribution < 1.29 is 14.3 Å². The van der Waals surface area contributed by atoms with E-state index in [0.29, 0.717) is 33.1 Å². The van der Waals surface area contributed by atoms with Gasteiger partial charge in [-0.15, -0.1) is 11.3 Å². The van der Waals surface area contributed by atoms with E-state index in [1.54, 1.807) is 11.5 Å². The molecule has 0 unspecified atom stereocenters. The first kappa shape index (κ1) is 25.9. The maximum absolute atomic E-state index is 13.8. The van der Waals surface area contributed by atoms with Crippen molar-refractivity contribution in [1.29, 1.82) is 0 Å². The van der Waals surface area contributed by atoms with Crippen LogP contribution in [0.5, 0.6) is 5.75 Å². The van der Waals surface area contributed by atoms with Crippen molar-refractivity contribution in [3.05, 3.63) is 113 Å². The smallest absolute Gasteiger partial charge is 0.338 e. The number of carbonyl (C=O) groups is 1. The molecule has 0 spiro atoms. The molecule has 0 bridgehead atoms. The zero-order valence-electron chi connectivity index (χ0n) is 21.4. The van der Waals surface area contributed by atoms with Gasteiger partial charge in [0.15, 0.2) is 4.80 Å². The van der Waals surface area contributed by atoms with E-state index in [1.165, 1.54) is 22.7 Å². The molecule has 0 saturated carbocycles. The van der Waals surface area contributed by atoms with Gasteiger partial charge in [0, 0.05) is 10.4 Å². The van der Waals surface area contributed by atoms with Crippen LogP contribution in [0.4, 0.5) is 0 Å². The Hall–Kier alpha value is -3.75. The highest BCUT2D eigenvalue weighted by molar-refractivity contribution is 7.10. The fourth-order valence-corrected chi connectivity index (χ4v) is 6.06. The average molecular weight is 545 g/mol. The third-order valence-corrected chi connectivity index (χ3v) is 7.86. The maximum Gasteiger partial charge on any atom is 0.338 e. The molecule has 3 heterocycles. The number of nitrogens with zero attached hydrogens (tertiary/aromatic N) is 2. The summed E-state index contributed by atoms with van der Waals surface area (Å²) in [7, 11) is 0. The van der Waals surface area contributed by atoms with Gasteiger partial charge in [0.25, 0.3) is 5.56 Å². The molecule has 0 aliphatic carbocycles. The van der Waals surface area contributed by atoms with Crippen molar-refractivity contribution in [2.45, 2.75) is 26.8 Å². The summed E-state index contributed by atoms with van der Waals surface area (Å²) in [6.07, 6.45) is 1.86. The first-order valence-electron chi connectivity index (χ1n) is 12.5. The predicted octanol–water partition coefficient (Wildman–Crippen LogP) is 5.03. The van der Waals surface area contributed by atoms with Crippen LogP contribution in [0.25, 0.3) is 11.8 Å². The number of benzene rings is 2. The van der Waals surface area contributed by atoms with Crippen LogP contribution in [0.1, 0.15) is 42.8 Å². The summed E-state index contributed by atoms with van der Waals surface area (Å²) in [5.74, 6) is 0.758. The van der Waals surface area contributed by atoms with E-state index in [4.69, 9.17) is 14.5 Å². The zero-order valence-corrected chi connectivity index (χ0v) is 23.1. The Morgan fingerprint density at radius 3 is 2.50 bits per heavy atom. The van der Waals surface area contributed by atoms with Gasteiger partial charge in [0.2, 0.25) is 0 Å². The molecule has 5 rings (SSSR count). The summed E-state index contributed by atoms with van der Waals surface area (Å²) in [6, 6.07) is 20.5. The van der Waals surface area contributed by atoms with E-state index in [9.17, 15) is 9.59 Å². The summed E-state index contributed by atoms with van der Waals surface area (Å²) in [5, 5.41) is 1.94. The van der Waals surface area contributed by atoms with Crippen LogP contribution in [0.3, 0.4) is 0 Å². The Kier molecular flexibility index (Phi) is 7.72. The number of hydrogen-bond donors (Lipinski definition) is 0. The molecule has 0 amide bonds. The molecule has 2 aromatic heterocycles. The van der Waals surface area contributed by atoms with Crippen molar-refractivity contribution in [3.63, 3.8) is 0 Å². The summed E-state index contributed by atoms with van der Waals surface area (Å²) in [6.45, 7) is 6.85. The third kappa shape index (κ3) is 5.28. The van der Waals surface area contributed by atoms with E-state index < -0.39 is 12.0 Å². The average Bonchev–Trinajstić information content (AvgIpc) is 3.56. The maximum atomic E-state index is 13.8. The summed E-state index contributed by atoms with van der Waals surface area (Å²) in [4.78, 5) is 33.5. The van der Waals surface area contributed by atoms with Crippen molar-refractivity contribution in [1.82, 2.24) is 4.57 Å². The number of rotatable bonds is 8. The molecule has 0 radical (unpaired) electrons. The van der Waals surface area contributed by atoms with Gasteiger partial charge >= 0.3 is 5.97 Å². The van der Waals surface area contributed by atoms with Crippen LogP contribution in [-0.2, 0) is 9.53 Å². The van der Waals surface area contributed by atoms with Crippen LogP contribution in [0.2, 0.25) is 0 Å². The van der Waals surface area contributed by atoms with Gasteiger partial charge in [-0.2, -0.15) is 0 Å². The second-order valence-corrected chi connectivity index (χ2v) is 11.2. The molecular weight excluding hydrogens is 516 g/mol. The van der Waals surface area contributed by atoms with Crippen LogP contribution in [0, 0.1) is 5.92 Å². The van der Waals surface area contributed by atoms with Crippen molar-refractivity contribution >= 4 is 40.4 Å². The lowest BCUT2D eigenvalue weighted by Gasteiger charge is -2.24. The van der Waals surface area contributed by atoms with Crippen LogP contribution >= 0.6 is 22.7 Å². The number of fused-ring (bicyclic) bond motifs is 1. The molecule has 1 aliphatic heterocycles. The number of aromatic nitrogens is 1. The molecule has 4 aromatic rings. The fourth-order valence-electron chi connectivity index (χ4n) is 4.23. The van der Waals surface area contributed by atoms with E-state index >= 15 is 0 Å². The third-order valence-electron chi connectivity index (χ3n) is 5.95. The largest absolute Gasteiger partial charge is 0.493 e. The molecule has 0 N–H and O–H groups in total. The molecular formula is C30H28N2O4S2. The molecule has 1 aliphatic rings. The number of thiophene rings is 1. The second-order valence-electron chi connectivity index (χ2n) is 9.22. The van der Waals surface area contributed by atoms with Crippen LogP contribution < -0.4 is 19.6 Å². The van der Waals surface area contributed by atoms with Gasteiger partial charge < -0.3 is 9.47 Å². The fraction of sp³-hybridized carbons (Fsp3) is 0.233. The van der Waals surface area contributed by atoms with Crippen LogP contribution in [0.15, 0.2) is 87.5 Å². The Morgan fingerprint density at radius 1 is 1.08 bits per heavy atom. The van der Waals surface area contributed by atoms with Crippen molar-refractivity contribution in [3.8, 4) is 5.75 Å². The van der Waals surface area contributed by atoms with E-state index in [1.807, 2.05) is 78.2 Å². The molecule has 6 nitrogen and oxygen atoms in total. The minimum atomic E-state index is -0.630. The summed E-state index contributed by atoms with van der Waals surface area (Å²) in [5.41, 5.74) is 2.38. The Balaban J connectivity index is 1.67. The highest BCUT2D eigenvalue weighted by Gasteiger charge is 2.35. The zero-order chi connectivity index (χ0) is 26.6. The minimum absolute atomic E-state index is 0.193. The summed E-state index contributed by atoms with van der Waals surface area (Å²) < 4.78 is 13.4. The van der Waals surface area contributed by atoms with Gasteiger partial charge in [-0.25, -0.2) is 9.79 Å². The Bertz CT molecular complexity index is 1630. The molecule has 38 heavy (non-hydrogen) atoms. The molecule has 8 heteroatoms. The molecule has 2 aromatic carbocycles. The number of esters is 1. The predicted molar refractivity (Wildman–Crippen MR) is 152 cm³/mol. The number of ether oxygens (including phenoxy) is 2. The highest BCUT2D eigenvalue weighted by atomic mass is 32.1. The Labute approximate surface area is 228 Å². The first-order valence-corrected chi connectivity index (χ1v) is 14.2. The first-order chi connectivity index (χ1) is 18.5. The van der Waals surface area contributed by atoms with Crippen LogP contribution in [-0.4, -0.2) is 23.8 Å². The Morgan fingerprint density at radius 2 is 1.84 bits per heavy atom. The summed E-state index contributed by atoms with van der Waals surface area (Å²) >= 11 is 2.81. The SMILES string of the molecule is CCOC(=O)C1=C(c2ccccc2)N=c2s/c(=C/c3ccc(OCC(C)C)cc3)c(=O)n2[C@@H]1c1cccs1. The van der Waals surface area contributed by atoms with Gasteiger partial charge in [0.05, 0.1) is 29.0 Å². The van der Waals surface area contributed by atoms with Crippen molar-refractivity contribution in [2.75, 3.05) is 13.2 Å². The van der Waals surface area contributed by atoms with Gasteiger partial charge in [-0.3, -0.25) is 9.36 Å². The topological polar surface area (TPSA) is 69.9 Å². The highest BCUT2D eigenvalue weighted by Crippen LogP contribution is 2.36. The number of carbonyl (C=O) groups excluding carboxylic acids is 1. The molecule has 1 atom stereocenters. The van der Waals surface area contributed by atoms with Gasteiger partial charge in [-0.1, -0.05) is 73.7 Å². The second kappa shape index (κ2) is 11.3. The van der Waals surface area contributed by atoms with Gasteiger partial charge in [-0.05, 0) is 48.1 Å². The normalized spacial score (nSPS) is 15.4. The molecule has 0 fully saturated rings. The van der Waals surface area contributed by atoms with Gasteiger partial charge in [0.1, 0.15) is 11.8 Å². The molecule has 194 valence electrons. The number of thiazole rings is 1. The monoisotopic (exact) mass is 544 g/mol.